The summed E-state index contributed by atoms with van der Waals surface area (Å²) in [6.07, 6.45) is -0.590. The molecule has 2 aromatic rings. The zero-order chi connectivity index (χ0) is 18.5. The highest BCUT2D eigenvalue weighted by Crippen LogP contribution is 2.56. The smallest absolute Gasteiger partial charge is 0.207 e. The van der Waals surface area contributed by atoms with Crippen molar-refractivity contribution in [1.82, 2.24) is 0 Å². The Morgan fingerprint density at radius 3 is 2.20 bits per heavy atom. The summed E-state index contributed by atoms with van der Waals surface area (Å²) in [6, 6.07) is 0.847. The molecule has 10 heteroatoms. The molecule has 25 heavy (non-hydrogen) atoms. The van der Waals surface area contributed by atoms with Gasteiger partial charge in [0.1, 0.15) is 12.7 Å². The molecule has 1 heterocycles. The third-order valence-corrected chi connectivity index (χ3v) is 4.43. The summed E-state index contributed by atoms with van der Waals surface area (Å²) in [5.41, 5.74) is 5.22. The molecular formula is C15H12Cl2FNO6. The molecule has 0 fully saturated rings. The molecule has 2 aromatic carbocycles. The van der Waals surface area contributed by atoms with Crippen molar-refractivity contribution in [3.8, 4) is 45.6 Å². The molecule has 0 spiro atoms. The van der Waals surface area contributed by atoms with Crippen LogP contribution in [0.1, 0.15) is 0 Å². The fourth-order valence-electron chi connectivity index (χ4n) is 2.42. The number of phenolic OH excluding ortho intramolecular Hbond substituents is 4. The average molecular weight is 392 g/mol. The minimum atomic E-state index is -1.07. The van der Waals surface area contributed by atoms with E-state index in [2.05, 4.69) is 0 Å². The van der Waals surface area contributed by atoms with E-state index in [1.165, 1.54) is 0 Å². The predicted octanol–water partition coefficient (Wildman–Crippen LogP) is 2.72. The second-order valence-electron chi connectivity index (χ2n) is 5.25. The van der Waals surface area contributed by atoms with Gasteiger partial charge < -0.3 is 35.6 Å². The first-order valence-electron chi connectivity index (χ1n) is 6.95. The SMILES string of the molecule is NC[C@H]1COc2c(O)c(F)cc(-c3c(Cl)c(O)c(O)c(O)c3Cl)c2O1. The van der Waals surface area contributed by atoms with Crippen molar-refractivity contribution in [2.45, 2.75) is 6.10 Å². The summed E-state index contributed by atoms with van der Waals surface area (Å²) < 4.78 is 25.0. The van der Waals surface area contributed by atoms with Crippen LogP contribution in [-0.2, 0) is 0 Å². The van der Waals surface area contributed by atoms with E-state index < -0.39 is 45.0 Å². The van der Waals surface area contributed by atoms with Crippen LogP contribution in [0.15, 0.2) is 6.07 Å². The normalized spacial score (nSPS) is 16.1. The molecule has 6 N–H and O–H groups in total. The highest BCUT2D eigenvalue weighted by Gasteiger charge is 2.32. The summed E-state index contributed by atoms with van der Waals surface area (Å²) in [4.78, 5) is 0. The van der Waals surface area contributed by atoms with E-state index in [1.807, 2.05) is 0 Å². The van der Waals surface area contributed by atoms with Crippen molar-refractivity contribution in [2.24, 2.45) is 5.73 Å². The Bertz CT molecular complexity index is 847. The molecular weight excluding hydrogens is 380 g/mol. The molecule has 0 unspecified atom stereocenters. The molecule has 0 aromatic heterocycles. The summed E-state index contributed by atoms with van der Waals surface area (Å²) in [7, 11) is 0. The van der Waals surface area contributed by atoms with Gasteiger partial charge in [0.05, 0.1) is 10.0 Å². The van der Waals surface area contributed by atoms with Gasteiger partial charge in [-0.1, -0.05) is 23.2 Å². The lowest BCUT2D eigenvalue weighted by atomic mass is 10.0. The minimum absolute atomic E-state index is 0.0203. The van der Waals surface area contributed by atoms with Crippen molar-refractivity contribution < 1.29 is 34.3 Å². The van der Waals surface area contributed by atoms with Gasteiger partial charge in [-0.3, -0.25) is 0 Å². The number of fused-ring (bicyclic) bond motifs is 1. The van der Waals surface area contributed by atoms with Gasteiger partial charge in [-0.15, -0.1) is 0 Å². The molecule has 1 atom stereocenters. The number of ether oxygens (including phenoxy) is 2. The predicted molar refractivity (Wildman–Crippen MR) is 87.5 cm³/mol. The van der Waals surface area contributed by atoms with E-state index in [0.29, 0.717) is 0 Å². The fourth-order valence-corrected chi connectivity index (χ4v) is 3.04. The van der Waals surface area contributed by atoms with Gasteiger partial charge in [0.2, 0.25) is 11.5 Å². The van der Waals surface area contributed by atoms with Crippen LogP contribution >= 0.6 is 23.2 Å². The van der Waals surface area contributed by atoms with Gasteiger partial charge in [-0.25, -0.2) is 4.39 Å². The molecule has 0 bridgehead atoms. The van der Waals surface area contributed by atoms with E-state index in [-0.39, 0.29) is 35.8 Å². The summed E-state index contributed by atoms with van der Waals surface area (Å²) in [5.74, 6) is -4.89. The molecule has 0 amide bonds. The highest BCUT2D eigenvalue weighted by atomic mass is 35.5. The summed E-state index contributed by atoms with van der Waals surface area (Å²) in [5, 5.41) is 38.2. The van der Waals surface area contributed by atoms with Gasteiger partial charge in [0.15, 0.2) is 28.8 Å². The van der Waals surface area contributed by atoms with E-state index in [1.54, 1.807) is 0 Å². The van der Waals surface area contributed by atoms with Crippen molar-refractivity contribution in [3.05, 3.63) is 21.9 Å². The number of hydrogen-bond acceptors (Lipinski definition) is 7. The molecule has 0 aliphatic carbocycles. The topological polar surface area (TPSA) is 125 Å². The Kier molecular flexibility index (Phi) is 4.36. The van der Waals surface area contributed by atoms with Crippen LogP contribution in [0.2, 0.25) is 10.0 Å². The first-order chi connectivity index (χ1) is 11.8. The summed E-state index contributed by atoms with van der Waals surface area (Å²) in [6.45, 7) is 0.0536. The van der Waals surface area contributed by atoms with Crippen LogP contribution in [0.25, 0.3) is 11.1 Å². The average Bonchev–Trinajstić information content (AvgIpc) is 2.62. The Morgan fingerprint density at radius 2 is 1.64 bits per heavy atom. The Labute approximate surface area is 150 Å². The Morgan fingerprint density at radius 1 is 1.04 bits per heavy atom. The Hall–Kier alpha value is -2.29. The van der Waals surface area contributed by atoms with Crippen LogP contribution < -0.4 is 15.2 Å². The molecule has 1 aliphatic heterocycles. The number of rotatable bonds is 2. The largest absolute Gasteiger partial charge is 0.503 e. The summed E-state index contributed by atoms with van der Waals surface area (Å²) >= 11 is 12.0. The second kappa shape index (κ2) is 6.21. The second-order valence-corrected chi connectivity index (χ2v) is 6.00. The minimum Gasteiger partial charge on any atom is -0.503 e. The van der Waals surface area contributed by atoms with E-state index in [4.69, 9.17) is 38.4 Å². The van der Waals surface area contributed by atoms with Gasteiger partial charge in [0.25, 0.3) is 0 Å². The van der Waals surface area contributed by atoms with Gasteiger partial charge >= 0.3 is 0 Å². The number of halogens is 3. The zero-order valence-corrected chi connectivity index (χ0v) is 13.9. The van der Waals surface area contributed by atoms with Crippen molar-refractivity contribution in [3.63, 3.8) is 0 Å². The lowest BCUT2D eigenvalue weighted by Gasteiger charge is -2.28. The number of aromatic hydroxyl groups is 4. The first-order valence-corrected chi connectivity index (χ1v) is 7.70. The van der Waals surface area contributed by atoms with Crippen LogP contribution in [0.4, 0.5) is 4.39 Å². The van der Waals surface area contributed by atoms with Crippen LogP contribution in [0, 0.1) is 5.82 Å². The number of phenols is 4. The van der Waals surface area contributed by atoms with Crippen molar-refractivity contribution in [1.29, 1.82) is 0 Å². The quantitative estimate of drug-likeness (QED) is 0.498. The van der Waals surface area contributed by atoms with E-state index in [0.717, 1.165) is 6.07 Å². The molecule has 0 saturated carbocycles. The monoisotopic (exact) mass is 391 g/mol. The van der Waals surface area contributed by atoms with Crippen molar-refractivity contribution >= 4 is 23.2 Å². The molecule has 134 valence electrons. The van der Waals surface area contributed by atoms with Crippen LogP contribution in [0.3, 0.4) is 0 Å². The third-order valence-electron chi connectivity index (χ3n) is 3.70. The molecule has 7 nitrogen and oxygen atoms in total. The first kappa shape index (κ1) is 17.5. The standard InChI is InChI=1S/C15H12Cl2FNO6/c16-8-7(9(17)12(22)13(23)11(8)21)5-1-6(18)10(20)15-14(5)25-4(2-19)3-24-15/h1,4,20-23H,2-3,19H2/t4-/m0/s1. The maximum atomic E-state index is 14.1. The lowest BCUT2D eigenvalue weighted by Crippen LogP contribution is -2.36. The maximum absolute atomic E-state index is 14.1. The number of hydrogen-bond donors (Lipinski definition) is 5. The number of nitrogens with two attached hydrogens (primary N) is 1. The molecule has 0 radical (unpaired) electrons. The fraction of sp³-hybridized carbons (Fsp3) is 0.200. The highest BCUT2D eigenvalue weighted by molar-refractivity contribution is 6.41. The van der Waals surface area contributed by atoms with Gasteiger partial charge in [-0.2, -0.15) is 0 Å². The molecule has 1 aliphatic rings. The van der Waals surface area contributed by atoms with E-state index in [9.17, 15) is 24.8 Å². The Balaban J connectivity index is 2.35. The van der Waals surface area contributed by atoms with Crippen molar-refractivity contribution in [2.75, 3.05) is 13.2 Å². The van der Waals surface area contributed by atoms with Crippen LogP contribution in [-0.4, -0.2) is 39.7 Å². The molecule has 3 rings (SSSR count). The van der Waals surface area contributed by atoms with Gasteiger partial charge in [0, 0.05) is 17.7 Å². The van der Waals surface area contributed by atoms with Crippen LogP contribution in [0.5, 0.6) is 34.5 Å². The van der Waals surface area contributed by atoms with E-state index >= 15 is 0 Å². The maximum Gasteiger partial charge on any atom is 0.207 e. The van der Waals surface area contributed by atoms with Gasteiger partial charge in [-0.05, 0) is 6.07 Å². The third kappa shape index (κ3) is 2.62. The lowest BCUT2D eigenvalue weighted by molar-refractivity contribution is 0.0935. The number of benzene rings is 2. The molecule has 0 saturated heterocycles. The zero-order valence-electron chi connectivity index (χ0n) is 12.4.